The van der Waals surface area contributed by atoms with Crippen LogP contribution in [0.5, 0.6) is 0 Å². The second-order valence-corrected chi connectivity index (χ2v) is 5.37. The van der Waals surface area contributed by atoms with Gasteiger partial charge in [-0.3, -0.25) is 0 Å². The van der Waals surface area contributed by atoms with E-state index in [1.807, 2.05) is 0 Å². The fourth-order valence-corrected chi connectivity index (χ4v) is 3.40. The molecule has 2 aliphatic carbocycles. The maximum Gasteiger partial charge on any atom is 0.334 e. The predicted octanol–water partition coefficient (Wildman–Crippen LogP) is 0.914. The van der Waals surface area contributed by atoms with E-state index in [0.717, 1.165) is 31.3 Å². The Morgan fingerprint density at radius 1 is 1.06 bits per heavy atom. The summed E-state index contributed by atoms with van der Waals surface area (Å²) in [4.78, 5) is 11.8. The molecule has 0 aromatic heterocycles. The zero-order valence-electron chi connectivity index (χ0n) is 9.76. The zero-order valence-corrected chi connectivity index (χ0v) is 9.76. The summed E-state index contributed by atoms with van der Waals surface area (Å²) in [5.41, 5.74) is 2.05. The van der Waals surface area contributed by atoms with Crippen LogP contribution in [0.15, 0.2) is 11.1 Å². The highest BCUT2D eigenvalue weighted by molar-refractivity contribution is 5.90. The molecule has 4 unspecified atom stereocenters. The van der Waals surface area contributed by atoms with Gasteiger partial charge in [0, 0.05) is 17.9 Å². The molecule has 4 heteroatoms. The first-order valence-corrected chi connectivity index (χ1v) is 6.46. The Morgan fingerprint density at radius 3 is 2.59 bits per heavy atom. The molecular formula is C13H18O4. The Kier molecular flexibility index (Phi) is 2.71. The Morgan fingerprint density at radius 2 is 1.76 bits per heavy atom. The Hall–Kier alpha value is -0.870. The smallest absolute Gasteiger partial charge is 0.334 e. The van der Waals surface area contributed by atoms with Crippen LogP contribution in [-0.4, -0.2) is 34.5 Å². The monoisotopic (exact) mass is 238 g/mol. The summed E-state index contributed by atoms with van der Waals surface area (Å²) < 4.78 is 5.41. The van der Waals surface area contributed by atoms with Gasteiger partial charge in [-0.05, 0) is 32.1 Å². The summed E-state index contributed by atoms with van der Waals surface area (Å²) in [5.74, 6) is -0.0501. The molecule has 17 heavy (non-hydrogen) atoms. The fraction of sp³-hybridized carbons (Fsp3) is 0.769. The number of carbonyl (C=O) groups excluding carboxylic acids is 1. The SMILES string of the molecule is O=C1OC2CC(O)C(O)CC2C2=C1CCCC2. The van der Waals surface area contributed by atoms with E-state index in [1.165, 1.54) is 5.57 Å². The molecule has 0 radical (unpaired) electrons. The second-order valence-electron chi connectivity index (χ2n) is 5.37. The van der Waals surface area contributed by atoms with Crippen LogP contribution in [0.2, 0.25) is 0 Å². The molecule has 0 aromatic carbocycles. The number of hydrogen-bond donors (Lipinski definition) is 2. The molecule has 1 aliphatic heterocycles. The van der Waals surface area contributed by atoms with Gasteiger partial charge >= 0.3 is 5.97 Å². The fourth-order valence-electron chi connectivity index (χ4n) is 3.40. The Balaban J connectivity index is 1.92. The van der Waals surface area contributed by atoms with Gasteiger partial charge in [-0.15, -0.1) is 0 Å². The number of rotatable bonds is 0. The quantitative estimate of drug-likeness (QED) is 0.616. The van der Waals surface area contributed by atoms with Crippen LogP contribution in [-0.2, 0) is 9.53 Å². The Labute approximate surface area is 100 Å². The molecule has 3 rings (SSSR count). The molecule has 94 valence electrons. The number of hydrogen-bond acceptors (Lipinski definition) is 4. The van der Waals surface area contributed by atoms with Crippen LogP contribution in [0.3, 0.4) is 0 Å². The van der Waals surface area contributed by atoms with Gasteiger partial charge in [0.15, 0.2) is 0 Å². The summed E-state index contributed by atoms with van der Waals surface area (Å²) in [5, 5.41) is 19.4. The highest BCUT2D eigenvalue weighted by atomic mass is 16.5. The zero-order chi connectivity index (χ0) is 12.0. The summed E-state index contributed by atoms with van der Waals surface area (Å²) in [7, 11) is 0. The maximum absolute atomic E-state index is 11.8. The molecule has 2 N–H and O–H groups in total. The number of ether oxygens (including phenoxy) is 1. The van der Waals surface area contributed by atoms with Crippen LogP contribution in [0.1, 0.15) is 38.5 Å². The average Bonchev–Trinajstić information content (AvgIpc) is 2.32. The highest BCUT2D eigenvalue weighted by Crippen LogP contribution is 2.43. The lowest BCUT2D eigenvalue weighted by Crippen LogP contribution is -2.47. The number of aliphatic hydroxyl groups is 2. The van der Waals surface area contributed by atoms with Crippen molar-refractivity contribution in [3.8, 4) is 0 Å². The Bertz CT molecular complexity index is 374. The summed E-state index contributed by atoms with van der Waals surface area (Å²) in [6.07, 6.45) is 3.18. The van der Waals surface area contributed by atoms with Gasteiger partial charge in [0.1, 0.15) is 6.10 Å². The van der Waals surface area contributed by atoms with Gasteiger partial charge in [0.05, 0.1) is 12.2 Å². The molecule has 4 atom stereocenters. The highest BCUT2D eigenvalue weighted by Gasteiger charge is 2.44. The molecule has 0 bridgehead atoms. The number of aliphatic hydroxyl groups excluding tert-OH is 2. The molecule has 3 aliphatic rings. The molecule has 4 nitrogen and oxygen atoms in total. The van der Waals surface area contributed by atoms with E-state index in [2.05, 4.69) is 0 Å². The van der Waals surface area contributed by atoms with Crippen molar-refractivity contribution in [2.24, 2.45) is 5.92 Å². The van der Waals surface area contributed by atoms with Crippen molar-refractivity contribution in [2.45, 2.75) is 56.8 Å². The van der Waals surface area contributed by atoms with Gasteiger partial charge in [-0.1, -0.05) is 5.57 Å². The average molecular weight is 238 g/mol. The van der Waals surface area contributed by atoms with Gasteiger partial charge in [-0.2, -0.15) is 0 Å². The van der Waals surface area contributed by atoms with Crippen LogP contribution < -0.4 is 0 Å². The van der Waals surface area contributed by atoms with Crippen molar-refractivity contribution in [3.05, 3.63) is 11.1 Å². The van der Waals surface area contributed by atoms with Crippen molar-refractivity contribution >= 4 is 5.97 Å². The summed E-state index contributed by atoms with van der Waals surface area (Å²) >= 11 is 0. The van der Waals surface area contributed by atoms with Gasteiger partial charge in [0.25, 0.3) is 0 Å². The van der Waals surface area contributed by atoms with Crippen molar-refractivity contribution in [3.63, 3.8) is 0 Å². The summed E-state index contributed by atoms with van der Waals surface area (Å²) in [6, 6.07) is 0. The van der Waals surface area contributed by atoms with E-state index in [0.29, 0.717) is 12.8 Å². The molecule has 1 fully saturated rings. The third-order valence-corrected chi connectivity index (χ3v) is 4.33. The molecule has 1 saturated carbocycles. The lowest BCUT2D eigenvalue weighted by molar-refractivity contribution is -0.158. The molecule has 1 heterocycles. The van der Waals surface area contributed by atoms with Crippen LogP contribution in [0.25, 0.3) is 0 Å². The van der Waals surface area contributed by atoms with E-state index in [-0.39, 0.29) is 18.0 Å². The topological polar surface area (TPSA) is 66.8 Å². The lowest BCUT2D eigenvalue weighted by atomic mass is 9.72. The normalized spacial score (nSPS) is 41.6. The molecule has 0 saturated heterocycles. The predicted molar refractivity (Wildman–Crippen MR) is 60.1 cm³/mol. The number of carbonyl (C=O) groups is 1. The lowest BCUT2D eigenvalue weighted by Gasteiger charge is -2.42. The minimum absolute atomic E-state index is 0.140. The molecule has 0 aromatic rings. The van der Waals surface area contributed by atoms with E-state index < -0.39 is 12.2 Å². The van der Waals surface area contributed by atoms with Gasteiger partial charge in [-0.25, -0.2) is 4.79 Å². The van der Waals surface area contributed by atoms with Crippen molar-refractivity contribution < 1.29 is 19.7 Å². The third-order valence-electron chi connectivity index (χ3n) is 4.33. The first kappa shape index (κ1) is 11.2. The maximum atomic E-state index is 11.8. The molecular weight excluding hydrogens is 220 g/mol. The minimum atomic E-state index is -0.755. The van der Waals surface area contributed by atoms with E-state index in [1.54, 1.807) is 0 Å². The van der Waals surface area contributed by atoms with Gasteiger partial charge in [0.2, 0.25) is 0 Å². The van der Waals surface area contributed by atoms with E-state index in [9.17, 15) is 15.0 Å². The molecule has 0 spiro atoms. The first-order chi connectivity index (χ1) is 8.16. The largest absolute Gasteiger partial charge is 0.458 e. The first-order valence-electron chi connectivity index (χ1n) is 6.46. The molecule has 0 amide bonds. The van der Waals surface area contributed by atoms with Crippen LogP contribution in [0.4, 0.5) is 0 Å². The van der Waals surface area contributed by atoms with Crippen molar-refractivity contribution in [2.75, 3.05) is 0 Å². The summed E-state index contributed by atoms with van der Waals surface area (Å²) in [6.45, 7) is 0. The van der Waals surface area contributed by atoms with Crippen molar-refractivity contribution in [1.82, 2.24) is 0 Å². The van der Waals surface area contributed by atoms with Crippen LogP contribution in [0, 0.1) is 5.92 Å². The van der Waals surface area contributed by atoms with E-state index >= 15 is 0 Å². The van der Waals surface area contributed by atoms with Gasteiger partial charge < -0.3 is 14.9 Å². The van der Waals surface area contributed by atoms with Crippen molar-refractivity contribution in [1.29, 1.82) is 0 Å². The second kappa shape index (κ2) is 4.10. The van der Waals surface area contributed by atoms with E-state index in [4.69, 9.17) is 4.74 Å². The minimum Gasteiger partial charge on any atom is -0.458 e. The standard InChI is InChI=1S/C13H18O4/c14-10-5-9-7-3-1-2-4-8(7)13(16)17-12(9)6-11(10)15/h9-12,14-15H,1-6H2. The van der Waals surface area contributed by atoms with Crippen LogP contribution >= 0.6 is 0 Å². The third kappa shape index (κ3) is 1.79. The number of fused-ring (bicyclic) bond motifs is 2. The number of esters is 1.